The van der Waals surface area contributed by atoms with Crippen LogP contribution in [-0.4, -0.2) is 46.5 Å². The summed E-state index contributed by atoms with van der Waals surface area (Å²) in [4.78, 5) is 29.2. The fourth-order valence-corrected chi connectivity index (χ4v) is 5.26. The molecule has 0 unspecified atom stereocenters. The van der Waals surface area contributed by atoms with Crippen molar-refractivity contribution in [1.82, 2.24) is 14.8 Å². The van der Waals surface area contributed by atoms with Crippen molar-refractivity contribution in [3.63, 3.8) is 0 Å². The number of hydrogen-bond donors (Lipinski definition) is 1. The van der Waals surface area contributed by atoms with Gasteiger partial charge in [0, 0.05) is 24.0 Å². The van der Waals surface area contributed by atoms with Gasteiger partial charge in [0.2, 0.25) is 5.91 Å². The van der Waals surface area contributed by atoms with Crippen LogP contribution >= 0.6 is 0 Å². The first kappa shape index (κ1) is 22.7. The van der Waals surface area contributed by atoms with Gasteiger partial charge in [0.1, 0.15) is 17.0 Å². The molecule has 2 amide bonds. The Bertz CT molecular complexity index is 974. The highest BCUT2D eigenvalue weighted by Crippen LogP contribution is 2.34. The quantitative estimate of drug-likeness (QED) is 0.697. The molecule has 1 aliphatic carbocycles. The van der Waals surface area contributed by atoms with Gasteiger partial charge in [-0.25, -0.2) is 0 Å². The van der Waals surface area contributed by atoms with Crippen LogP contribution in [0.15, 0.2) is 24.3 Å². The number of fused-ring (bicyclic) bond motifs is 3. The average molecular weight is 440 g/mol. The van der Waals surface area contributed by atoms with Crippen LogP contribution in [0.25, 0.3) is 10.9 Å². The van der Waals surface area contributed by atoms with Gasteiger partial charge in [0.25, 0.3) is 5.91 Å². The monoisotopic (exact) mass is 439 g/mol. The summed E-state index contributed by atoms with van der Waals surface area (Å²) in [7, 11) is 1.64. The van der Waals surface area contributed by atoms with Crippen molar-refractivity contribution in [3.8, 4) is 5.75 Å². The molecule has 6 nitrogen and oxygen atoms in total. The Labute approximate surface area is 191 Å². The molecule has 2 heterocycles. The molecule has 6 heteroatoms. The summed E-state index contributed by atoms with van der Waals surface area (Å²) in [6.45, 7) is 5.10. The van der Waals surface area contributed by atoms with Crippen molar-refractivity contribution in [2.45, 2.75) is 89.8 Å². The zero-order valence-corrected chi connectivity index (χ0v) is 19.8. The number of amides is 2. The van der Waals surface area contributed by atoms with E-state index in [1.54, 1.807) is 7.11 Å². The molecule has 174 valence electrons. The van der Waals surface area contributed by atoms with Crippen LogP contribution in [0.4, 0.5) is 0 Å². The molecular weight excluding hydrogens is 402 g/mol. The van der Waals surface area contributed by atoms with E-state index in [-0.39, 0.29) is 17.9 Å². The predicted octanol–water partition coefficient (Wildman–Crippen LogP) is 4.89. The molecule has 1 aromatic carbocycles. The predicted molar refractivity (Wildman–Crippen MR) is 127 cm³/mol. The fraction of sp³-hybridized carbons (Fsp3) is 0.615. The number of carbonyl (C=O) groups excluding carboxylic acids is 2. The molecule has 0 spiro atoms. The third-order valence-corrected chi connectivity index (χ3v) is 7.30. The number of nitrogens with one attached hydrogen (secondary N) is 1. The number of hydrogen-bond acceptors (Lipinski definition) is 3. The van der Waals surface area contributed by atoms with Crippen LogP contribution in [0.2, 0.25) is 0 Å². The number of aromatic nitrogens is 1. The van der Waals surface area contributed by atoms with Gasteiger partial charge in [-0.15, -0.1) is 0 Å². The van der Waals surface area contributed by atoms with Gasteiger partial charge < -0.3 is 19.5 Å². The molecule has 4 rings (SSSR count). The molecule has 1 fully saturated rings. The molecular formula is C26H37N3O3. The molecule has 1 N–H and O–H groups in total. The summed E-state index contributed by atoms with van der Waals surface area (Å²) in [5, 5.41) is 4.34. The third-order valence-electron chi connectivity index (χ3n) is 7.30. The summed E-state index contributed by atoms with van der Waals surface area (Å²) >= 11 is 0. The van der Waals surface area contributed by atoms with E-state index in [9.17, 15) is 9.59 Å². The van der Waals surface area contributed by atoms with Gasteiger partial charge in [-0.3, -0.25) is 9.59 Å². The van der Waals surface area contributed by atoms with Gasteiger partial charge >= 0.3 is 0 Å². The molecule has 1 aliphatic heterocycles. The molecule has 1 aromatic heterocycles. The summed E-state index contributed by atoms with van der Waals surface area (Å²) in [6, 6.07) is 8.00. The van der Waals surface area contributed by atoms with Gasteiger partial charge in [-0.1, -0.05) is 45.4 Å². The SMILES string of the molecule is CCCCN1C(=O)c2cc3ccc(OC)cc3n2C[C@@]1(C)C(=O)NC1CCCCCCC1. The molecule has 1 saturated carbocycles. The minimum atomic E-state index is -0.920. The first-order chi connectivity index (χ1) is 15.5. The van der Waals surface area contributed by atoms with Crippen LogP contribution in [0, 0.1) is 0 Å². The lowest BCUT2D eigenvalue weighted by Gasteiger charge is -2.44. The lowest BCUT2D eigenvalue weighted by molar-refractivity contribution is -0.133. The Morgan fingerprint density at radius 2 is 1.88 bits per heavy atom. The molecule has 2 aliphatic rings. The molecule has 0 radical (unpaired) electrons. The van der Waals surface area contributed by atoms with E-state index in [0.717, 1.165) is 55.2 Å². The number of carbonyl (C=O) groups is 2. The van der Waals surface area contributed by atoms with E-state index in [1.807, 2.05) is 40.7 Å². The standard InChI is InChI=1S/C26H37N3O3/c1-4-5-15-29-24(30)23-16-19-13-14-21(32-3)17-22(19)28(23)18-26(29,2)25(31)27-20-11-9-7-6-8-10-12-20/h13-14,16-17,20H,4-12,15,18H2,1-3H3,(H,27,31)/t26-/m0/s1. The topological polar surface area (TPSA) is 63.6 Å². The van der Waals surface area contributed by atoms with Crippen molar-refractivity contribution in [2.24, 2.45) is 0 Å². The second kappa shape index (κ2) is 9.55. The lowest BCUT2D eigenvalue weighted by atomic mass is 9.92. The smallest absolute Gasteiger partial charge is 0.271 e. The van der Waals surface area contributed by atoms with E-state index >= 15 is 0 Å². The Kier molecular flexibility index (Phi) is 6.77. The number of methoxy groups -OCH3 is 1. The van der Waals surface area contributed by atoms with Crippen molar-refractivity contribution in [2.75, 3.05) is 13.7 Å². The Hall–Kier alpha value is -2.50. The van der Waals surface area contributed by atoms with Crippen LogP contribution < -0.4 is 10.1 Å². The number of rotatable bonds is 6. The highest BCUT2D eigenvalue weighted by Gasteiger charge is 2.47. The summed E-state index contributed by atoms with van der Waals surface area (Å²) in [5.41, 5.74) is 0.671. The normalized spacial score (nSPS) is 22.3. The van der Waals surface area contributed by atoms with Crippen molar-refractivity contribution in [1.29, 1.82) is 0 Å². The molecule has 32 heavy (non-hydrogen) atoms. The zero-order chi connectivity index (χ0) is 22.7. The first-order valence-electron chi connectivity index (χ1n) is 12.3. The number of unbranched alkanes of at least 4 members (excludes halogenated alkanes) is 1. The van der Waals surface area contributed by atoms with Crippen LogP contribution in [0.1, 0.15) is 82.1 Å². The minimum absolute atomic E-state index is 0.0251. The van der Waals surface area contributed by atoms with E-state index in [2.05, 4.69) is 12.2 Å². The summed E-state index contributed by atoms with van der Waals surface area (Å²) < 4.78 is 7.43. The van der Waals surface area contributed by atoms with E-state index in [0.29, 0.717) is 18.8 Å². The second-order valence-electron chi connectivity index (χ2n) is 9.64. The number of ether oxygens (including phenoxy) is 1. The first-order valence-corrected chi connectivity index (χ1v) is 12.3. The van der Waals surface area contributed by atoms with Crippen LogP contribution in [-0.2, 0) is 11.3 Å². The number of benzene rings is 1. The van der Waals surface area contributed by atoms with Crippen molar-refractivity contribution >= 4 is 22.7 Å². The van der Waals surface area contributed by atoms with Gasteiger partial charge in [0.05, 0.1) is 19.2 Å². The van der Waals surface area contributed by atoms with Crippen molar-refractivity contribution < 1.29 is 14.3 Å². The van der Waals surface area contributed by atoms with Gasteiger partial charge in [0.15, 0.2) is 0 Å². The maximum atomic E-state index is 13.8. The summed E-state index contributed by atoms with van der Waals surface area (Å²) in [6.07, 6.45) is 10.0. The molecule has 2 aromatic rings. The molecule has 0 saturated heterocycles. The lowest BCUT2D eigenvalue weighted by Crippen LogP contribution is -2.65. The van der Waals surface area contributed by atoms with E-state index in [4.69, 9.17) is 4.74 Å². The van der Waals surface area contributed by atoms with Crippen LogP contribution in [0.3, 0.4) is 0 Å². The largest absolute Gasteiger partial charge is 0.497 e. The minimum Gasteiger partial charge on any atom is -0.497 e. The van der Waals surface area contributed by atoms with E-state index < -0.39 is 5.54 Å². The highest BCUT2D eigenvalue weighted by atomic mass is 16.5. The Balaban J connectivity index is 1.68. The average Bonchev–Trinajstić information content (AvgIpc) is 3.13. The Morgan fingerprint density at radius 1 is 1.16 bits per heavy atom. The van der Waals surface area contributed by atoms with Crippen LogP contribution in [0.5, 0.6) is 5.75 Å². The zero-order valence-electron chi connectivity index (χ0n) is 19.8. The van der Waals surface area contributed by atoms with Gasteiger partial charge in [-0.2, -0.15) is 0 Å². The molecule has 1 atom stereocenters. The Morgan fingerprint density at radius 3 is 2.56 bits per heavy atom. The summed E-state index contributed by atoms with van der Waals surface area (Å²) in [5.74, 6) is 0.665. The van der Waals surface area contributed by atoms with E-state index in [1.165, 1.54) is 19.3 Å². The molecule has 0 bridgehead atoms. The maximum absolute atomic E-state index is 13.8. The fourth-order valence-electron chi connectivity index (χ4n) is 5.26. The maximum Gasteiger partial charge on any atom is 0.271 e. The van der Waals surface area contributed by atoms with Gasteiger partial charge in [-0.05, 0) is 44.4 Å². The number of nitrogens with zero attached hydrogens (tertiary/aromatic N) is 2. The highest BCUT2D eigenvalue weighted by molar-refractivity contribution is 6.03. The second-order valence-corrected chi connectivity index (χ2v) is 9.64. The van der Waals surface area contributed by atoms with Crippen molar-refractivity contribution in [3.05, 3.63) is 30.0 Å². The third kappa shape index (κ3) is 4.24.